The van der Waals surface area contributed by atoms with E-state index in [9.17, 15) is 9.18 Å². The van der Waals surface area contributed by atoms with Crippen molar-refractivity contribution in [2.75, 3.05) is 10.6 Å². The first-order valence-electron chi connectivity index (χ1n) is 8.14. The van der Waals surface area contributed by atoms with Crippen LogP contribution in [0, 0.1) is 5.82 Å². The van der Waals surface area contributed by atoms with Crippen LogP contribution in [0.5, 0.6) is 5.75 Å². The van der Waals surface area contributed by atoms with Crippen molar-refractivity contribution in [3.05, 3.63) is 53.8 Å². The van der Waals surface area contributed by atoms with Crippen LogP contribution in [0.25, 0.3) is 0 Å². The summed E-state index contributed by atoms with van der Waals surface area (Å²) >= 11 is 0. The lowest BCUT2D eigenvalue weighted by atomic mass is 9.92. The lowest BCUT2D eigenvalue weighted by molar-refractivity contribution is -0.136. The molecule has 2 aromatic rings. The normalized spacial score (nSPS) is 15.8. The van der Waals surface area contributed by atoms with Crippen molar-refractivity contribution >= 4 is 17.3 Å². The summed E-state index contributed by atoms with van der Waals surface area (Å²) in [4.78, 5) is 14.8. The zero-order valence-electron chi connectivity index (χ0n) is 13.9. The number of carbonyl (C=O) groups is 1. The number of anilines is 2. The molecule has 5 heteroatoms. The first kappa shape index (κ1) is 16.3. The second kappa shape index (κ2) is 6.15. The zero-order chi connectivity index (χ0) is 17.3. The van der Waals surface area contributed by atoms with E-state index in [2.05, 4.69) is 0 Å². The molecule has 0 radical (unpaired) electrons. The van der Waals surface area contributed by atoms with E-state index in [0.29, 0.717) is 30.0 Å². The average molecular weight is 328 g/mol. The van der Waals surface area contributed by atoms with Gasteiger partial charge in [0.1, 0.15) is 11.6 Å². The largest absolute Gasteiger partial charge is 0.475 e. The molecule has 0 atom stereocenters. The van der Waals surface area contributed by atoms with E-state index in [1.165, 1.54) is 12.1 Å². The first-order chi connectivity index (χ1) is 11.5. The number of amides is 1. The van der Waals surface area contributed by atoms with Gasteiger partial charge in [-0.15, -0.1) is 0 Å². The van der Waals surface area contributed by atoms with Crippen LogP contribution in [-0.2, 0) is 11.3 Å². The van der Waals surface area contributed by atoms with Crippen molar-refractivity contribution < 1.29 is 13.9 Å². The van der Waals surface area contributed by atoms with Gasteiger partial charge in [-0.2, -0.15) is 0 Å². The smallest absolute Gasteiger partial charge is 0.271 e. The van der Waals surface area contributed by atoms with Gasteiger partial charge in [0.15, 0.2) is 5.60 Å². The minimum atomic E-state index is -0.892. The molecular weight excluding hydrogens is 307 g/mol. The number of nitrogens with zero attached hydrogens (tertiary/aromatic N) is 1. The number of hydrogen-bond acceptors (Lipinski definition) is 3. The maximum atomic E-state index is 13.5. The van der Waals surface area contributed by atoms with Gasteiger partial charge in [-0.1, -0.05) is 26.0 Å². The number of nitrogen functional groups attached to an aromatic ring is 1. The molecule has 1 heterocycles. The predicted octanol–water partition coefficient (Wildman–Crippen LogP) is 3.89. The molecule has 24 heavy (non-hydrogen) atoms. The minimum absolute atomic E-state index is 0.116. The highest BCUT2D eigenvalue weighted by Crippen LogP contribution is 2.42. The van der Waals surface area contributed by atoms with Crippen LogP contribution in [0.15, 0.2) is 42.5 Å². The van der Waals surface area contributed by atoms with Crippen LogP contribution in [0.1, 0.15) is 32.3 Å². The molecule has 2 N–H and O–H groups in total. The van der Waals surface area contributed by atoms with E-state index in [1.54, 1.807) is 35.2 Å². The molecule has 0 aromatic heterocycles. The summed E-state index contributed by atoms with van der Waals surface area (Å²) in [5, 5.41) is 0. The summed E-state index contributed by atoms with van der Waals surface area (Å²) in [5.74, 6) is 0.192. The molecule has 0 unspecified atom stereocenters. The van der Waals surface area contributed by atoms with Crippen LogP contribution in [0.3, 0.4) is 0 Å². The SMILES string of the molecule is CCC1(CC)Oc2ccc(N)cc2N(Cc2cccc(F)c2)C1=O. The molecule has 1 aliphatic rings. The molecule has 0 saturated heterocycles. The van der Waals surface area contributed by atoms with E-state index in [4.69, 9.17) is 10.5 Å². The molecule has 1 amide bonds. The van der Waals surface area contributed by atoms with Crippen LogP contribution in [0.2, 0.25) is 0 Å². The predicted molar refractivity (Wildman–Crippen MR) is 92.4 cm³/mol. The second-order valence-corrected chi connectivity index (χ2v) is 6.05. The fraction of sp³-hybridized carbons (Fsp3) is 0.316. The maximum absolute atomic E-state index is 13.5. The van der Waals surface area contributed by atoms with E-state index in [1.807, 2.05) is 13.8 Å². The van der Waals surface area contributed by atoms with Gasteiger partial charge in [0.2, 0.25) is 0 Å². The summed E-state index contributed by atoms with van der Waals surface area (Å²) in [6, 6.07) is 11.5. The van der Waals surface area contributed by atoms with E-state index in [-0.39, 0.29) is 18.3 Å². The number of benzene rings is 2. The number of fused-ring (bicyclic) bond motifs is 1. The molecule has 4 nitrogen and oxygen atoms in total. The summed E-state index contributed by atoms with van der Waals surface area (Å²) in [7, 11) is 0. The summed E-state index contributed by atoms with van der Waals surface area (Å²) in [5.41, 5.74) is 6.89. The number of ether oxygens (including phenoxy) is 1. The second-order valence-electron chi connectivity index (χ2n) is 6.05. The molecule has 3 rings (SSSR count). The van der Waals surface area contributed by atoms with Crippen LogP contribution >= 0.6 is 0 Å². The van der Waals surface area contributed by atoms with Crippen LogP contribution in [-0.4, -0.2) is 11.5 Å². The Morgan fingerprint density at radius 1 is 1.17 bits per heavy atom. The van der Waals surface area contributed by atoms with Gasteiger partial charge < -0.3 is 15.4 Å². The number of carbonyl (C=O) groups excluding carboxylic acids is 1. The Labute approximate surface area is 141 Å². The number of halogens is 1. The van der Waals surface area contributed by atoms with Gasteiger partial charge in [0, 0.05) is 5.69 Å². The fourth-order valence-corrected chi connectivity index (χ4v) is 3.11. The van der Waals surface area contributed by atoms with Gasteiger partial charge in [0.05, 0.1) is 12.2 Å². The van der Waals surface area contributed by atoms with Crippen molar-refractivity contribution in [3.63, 3.8) is 0 Å². The molecule has 1 aliphatic heterocycles. The average Bonchev–Trinajstić information content (AvgIpc) is 2.58. The third-order valence-electron chi connectivity index (χ3n) is 4.59. The van der Waals surface area contributed by atoms with Gasteiger partial charge in [-0.25, -0.2) is 4.39 Å². The Kier molecular flexibility index (Phi) is 4.18. The first-order valence-corrected chi connectivity index (χ1v) is 8.14. The van der Waals surface area contributed by atoms with Gasteiger partial charge in [-0.05, 0) is 48.7 Å². The Morgan fingerprint density at radius 3 is 2.58 bits per heavy atom. The van der Waals surface area contributed by atoms with Gasteiger partial charge >= 0.3 is 0 Å². The Morgan fingerprint density at radius 2 is 1.92 bits per heavy atom. The highest BCUT2D eigenvalue weighted by molar-refractivity contribution is 6.03. The third-order valence-corrected chi connectivity index (χ3v) is 4.59. The Bertz CT molecular complexity index is 772. The van der Waals surface area contributed by atoms with Crippen molar-refractivity contribution in [1.29, 1.82) is 0 Å². The van der Waals surface area contributed by atoms with E-state index >= 15 is 0 Å². The number of nitrogens with two attached hydrogens (primary N) is 1. The molecular formula is C19H21FN2O2. The third kappa shape index (κ3) is 2.70. The summed E-state index contributed by atoms with van der Waals surface area (Å²) in [6.45, 7) is 4.15. The van der Waals surface area contributed by atoms with Gasteiger partial charge in [-0.3, -0.25) is 4.79 Å². The highest BCUT2D eigenvalue weighted by Gasteiger charge is 2.45. The number of rotatable bonds is 4. The monoisotopic (exact) mass is 328 g/mol. The van der Waals surface area contributed by atoms with Gasteiger partial charge in [0.25, 0.3) is 5.91 Å². The lowest BCUT2D eigenvalue weighted by Gasteiger charge is -2.42. The minimum Gasteiger partial charge on any atom is -0.475 e. The Hall–Kier alpha value is -2.56. The topological polar surface area (TPSA) is 55.6 Å². The molecule has 126 valence electrons. The van der Waals surface area contributed by atoms with E-state index in [0.717, 1.165) is 5.56 Å². The highest BCUT2D eigenvalue weighted by atomic mass is 19.1. The fourth-order valence-electron chi connectivity index (χ4n) is 3.11. The van der Waals surface area contributed by atoms with Crippen molar-refractivity contribution in [1.82, 2.24) is 0 Å². The molecule has 0 bridgehead atoms. The van der Waals surface area contributed by atoms with E-state index < -0.39 is 5.60 Å². The molecule has 2 aromatic carbocycles. The quantitative estimate of drug-likeness (QED) is 0.866. The van der Waals surface area contributed by atoms with Crippen molar-refractivity contribution in [2.24, 2.45) is 0 Å². The lowest BCUT2D eigenvalue weighted by Crippen LogP contribution is -2.55. The van der Waals surface area contributed by atoms with Crippen LogP contribution in [0.4, 0.5) is 15.8 Å². The standard InChI is InChI=1S/C19H21FN2O2/c1-3-19(4-2)18(23)22(12-13-6-5-7-14(20)10-13)16-11-15(21)8-9-17(16)24-19/h5-11H,3-4,12,21H2,1-2H3. The Balaban J connectivity index is 2.07. The summed E-state index contributed by atoms with van der Waals surface area (Å²) < 4.78 is 19.6. The van der Waals surface area contributed by atoms with Crippen molar-refractivity contribution in [3.8, 4) is 5.75 Å². The molecule has 0 fully saturated rings. The molecule has 0 spiro atoms. The van der Waals surface area contributed by atoms with Crippen LogP contribution < -0.4 is 15.4 Å². The molecule has 0 aliphatic carbocycles. The summed E-state index contributed by atoms with van der Waals surface area (Å²) in [6.07, 6.45) is 1.12. The van der Waals surface area contributed by atoms with Crippen molar-refractivity contribution in [2.45, 2.75) is 38.8 Å². The number of hydrogen-bond donors (Lipinski definition) is 1. The maximum Gasteiger partial charge on any atom is 0.271 e. The molecule has 0 saturated carbocycles. The zero-order valence-corrected chi connectivity index (χ0v) is 13.9.